The molecule has 0 heterocycles. The average molecular weight is 166 g/mol. The fourth-order valence-electron chi connectivity index (χ4n) is 1.33. The van der Waals surface area contributed by atoms with E-state index in [-0.39, 0.29) is 18.4 Å². The first kappa shape index (κ1) is 9.05. The molecule has 1 aliphatic carbocycles. The lowest BCUT2D eigenvalue weighted by Crippen LogP contribution is -2.32. The Bertz CT molecular complexity index is 215. The van der Waals surface area contributed by atoms with Gasteiger partial charge in [0.25, 0.3) is 0 Å². The van der Waals surface area contributed by atoms with E-state index in [9.17, 15) is 4.79 Å². The Morgan fingerprint density at radius 1 is 1.75 bits per heavy atom. The Morgan fingerprint density at radius 2 is 2.33 bits per heavy atom. The third-order valence-electron chi connectivity index (χ3n) is 2.40. The zero-order chi connectivity index (χ0) is 9.14. The molecule has 0 aromatic carbocycles. The lowest BCUT2D eigenvalue weighted by atomic mass is 10.1. The normalized spacial score (nSPS) is 18.1. The van der Waals surface area contributed by atoms with Gasteiger partial charge in [0, 0.05) is 13.0 Å². The summed E-state index contributed by atoms with van der Waals surface area (Å²) >= 11 is 0. The van der Waals surface area contributed by atoms with Crippen molar-refractivity contribution in [1.82, 2.24) is 4.90 Å². The summed E-state index contributed by atoms with van der Waals surface area (Å²) in [5.74, 6) is 0.807. The molecule has 3 nitrogen and oxygen atoms in total. The maximum absolute atomic E-state index is 11.5. The minimum Gasteiger partial charge on any atom is -0.332 e. The third-order valence-corrected chi connectivity index (χ3v) is 2.40. The molecule has 1 rings (SSSR count). The van der Waals surface area contributed by atoms with Crippen molar-refractivity contribution in [1.29, 1.82) is 5.26 Å². The van der Waals surface area contributed by atoms with Crippen LogP contribution in [0.25, 0.3) is 0 Å². The van der Waals surface area contributed by atoms with Gasteiger partial charge < -0.3 is 4.90 Å². The summed E-state index contributed by atoms with van der Waals surface area (Å²) in [5.41, 5.74) is 0. The largest absolute Gasteiger partial charge is 0.332 e. The van der Waals surface area contributed by atoms with Gasteiger partial charge in [0.15, 0.2) is 0 Å². The molecule has 66 valence electrons. The van der Waals surface area contributed by atoms with Crippen molar-refractivity contribution in [2.45, 2.75) is 19.8 Å². The highest BCUT2D eigenvalue weighted by atomic mass is 16.2. The summed E-state index contributed by atoms with van der Waals surface area (Å²) in [7, 11) is 1.68. The van der Waals surface area contributed by atoms with Gasteiger partial charge in [-0.2, -0.15) is 5.26 Å². The molecule has 1 amide bonds. The second-order valence-corrected chi connectivity index (χ2v) is 3.48. The number of rotatable bonds is 3. The van der Waals surface area contributed by atoms with E-state index in [1.807, 2.05) is 13.0 Å². The van der Waals surface area contributed by atoms with E-state index in [4.69, 9.17) is 5.26 Å². The molecule has 0 bridgehead atoms. The van der Waals surface area contributed by atoms with E-state index in [1.165, 1.54) is 17.7 Å². The van der Waals surface area contributed by atoms with E-state index in [0.29, 0.717) is 5.92 Å². The van der Waals surface area contributed by atoms with Crippen molar-refractivity contribution in [3.05, 3.63) is 0 Å². The van der Waals surface area contributed by atoms with Gasteiger partial charge in [0.05, 0.1) is 6.07 Å². The molecule has 0 aliphatic heterocycles. The zero-order valence-corrected chi connectivity index (χ0v) is 7.58. The first-order chi connectivity index (χ1) is 5.66. The van der Waals surface area contributed by atoms with Crippen molar-refractivity contribution < 1.29 is 4.79 Å². The lowest BCUT2D eigenvalue weighted by molar-refractivity contribution is -0.133. The first-order valence-electron chi connectivity index (χ1n) is 4.28. The van der Waals surface area contributed by atoms with Crippen LogP contribution in [0.4, 0.5) is 0 Å². The van der Waals surface area contributed by atoms with Crippen molar-refractivity contribution >= 4 is 5.91 Å². The van der Waals surface area contributed by atoms with E-state index in [1.54, 1.807) is 7.05 Å². The second kappa shape index (κ2) is 3.57. The molecular weight excluding hydrogens is 152 g/mol. The number of hydrogen-bond acceptors (Lipinski definition) is 2. The zero-order valence-electron chi connectivity index (χ0n) is 7.58. The highest BCUT2D eigenvalue weighted by Crippen LogP contribution is 2.37. The summed E-state index contributed by atoms with van der Waals surface area (Å²) in [6.07, 6.45) is 2.35. The van der Waals surface area contributed by atoms with Crippen LogP contribution in [0.15, 0.2) is 0 Å². The number of nitriles is 1. The van der Waals surface area contributed by atoms with Crippen LogP contribution in [0.1, 0.15) is 19.8 Å². The van der Waals surface area contributed by atoms with Crippen LogP contribution < -0.4 is 0 Å². The quantitative estimate of drug-likeness (QED) is 0.587. The smallest absolute Gasteiger partial charge is 0.226 e. The number of carbonyl (C=O) groups is 1. The molecule has 12 heavy (non-hydrogen) atoms. The van der Waals surface area contributed by atoms with E-state index in [0.717, 1.165) is 0 Å². The summed E-state index contributed by atoms with van der Waals surface area (Å²) in [4.78, 5) is 13.0. The monoisotopic (exact) mass is 166 g/mol. The fraction of sp³-hybridized carbons (Fsp3) is 0.778. The van der Waals surface area contributed by atoms with Crippen molar-refractivity contribution in [2.24, 2.45) is 11.8 Å². The van der Waals surface area contributed by atoms with E-state index < -0.39 is 0 Å². The molecule has 1 aliphatic rings. The second-order valence-electron chi connectivity index (χ2n) is 3.48. The van der Waals surface area contributed by atoms with Crippen molar-refractivity contribution in [3.8, 4) is 6.07 Å². The van der Waals surface area contributed by atoms with Gasteiger partial charge in [0.2, 0.25) is 5.91 Å². The number of amides is 1. The van der Waals surface area contributed by atoms with Gasteiger partial charge in [-0.3, -0.25) is 4.79 Å². The Kier molecular flexibility index (Phi) is 2.69. The summed E-state index contributed by atoms with van der Waals surface area (Å²) in [6.45, 7) is 2.16. The molecule has 3 heteroatoms. The van der Waals surface area contributed by atoms with Gasteiger partial charge >= 0.3 is 0 Å². The Labute approximate surface area is 73.0 Å². The Hall–Kier alpha value is -1.04. The maximum Gasteiger partial charge on any atom is 0.226 e. The van der Waals surface area contributed by atoms with Crippen molar-refractivity contribution in [2.75, 3.05) is 13.6 Å². The molecule has 1 unspecified atom stereocenters. The van der Waals surface area contributed by atoms with E-state index in [2.05, 4.69) is 0 Å². The molecule has 0 radical (unpaired) electrons. The van der Waals surface area contributed by atoms with Gasteiger partial charge in [-0.05, 0) is 18.8 Å². The predicted octanol–water partition coefficient (Wildman–Crippen LogP) is 1.01. The van der Waals surface area contributed by atoms with Crippen LogP contribution >= 0.6 is 0 Å². The van der Waals surface area contributed by atoms with Gasteiger partial charge in [-0.15, -0.1) is 0 Å². The Morgan fingerprint density at radius 3 is 2.75 bits per heavy atom. The average Bonchev–Trinajstić information content (AvgIpc) is 2.84. The van der Waals surface area contributed by atoms with Crippen molar-refractivity contribution in [3.63, 3.8) is 0 Å². The number of nitrogens with zero attached hydrogens (tertiary/aromatic N) is 2. The minimum absolute atomic E-state index is 0.110. The minimum atomic E-state index is 0.110. The number of hydrogen-bond donors (Lipinski definition) is 0. The summed E-state index contributed by atoms with van der Waals surface area (Å²) in [5, 5.41) is 8.38. The number of carbonyl (C=O) groups excluding carboxylic acids is 1. The van der Waals surface area contributed by atoms with Crippen LogP contribution in [0, 0.1) is 23.2 Å². The molecular formula is C9H14N2O. The highest BCUT2D eigenvalue weighted by Gasteiger charge is 2.33. The first-order valence-corrected chi connectivity index (χ1v) is 4.28. The van der Waals surface area contributed by atoms with Gasteiger partial charge in [0.1, 0.15) is 6.54 Å². The van der Waals surface area contributed by atoms with Crippen LogP contribution in [-0.2, 0) is 4.79 Å². The molecule has 0 saturated heterocycles. The topological polar surface area (TPSA) is 44.1 Å². The van der Waals surface area contributed by atoms with Gasteiger partial charge in [-0.25, -0.2) is 0 Å². The van der Waals surface area contributed by atoms with Crippen LogP contribution in [0.2, 0.25) is 0 Å². The molecule has 0 N–H and O–H groups in total. The van der Waals surface area contributed by atoms with Crippen LogP contribution in [-0.4, -0.2) is 24.4 Å². The lowest BCUT2D eigenvalue weighted by Gasteiger charge is -2.17. The molecule has 0 spiro atoms. The standard InChI is InChI=1S/C9H14N2O/c1-7(8-3-4-8)9(12)11(2)6-5-10/h7-8H,3-4,6H2,1-2H3. The fourth-order valence-corrected chi connectivity index (χ4v) is 1.33. The highest BCUT2D eigenvalue weighted by molar-refractivity contribution is 5.79. The molecule has 0 aromatic heterocycles. The molecule has 1 atom stereocenters. The SMILES string of the molecule is CC(C(=O)N(C)CC#N)C1CC1. The predicted molar refractivity (Wildman–Crippen MR) is 45.1 cm³/mol. The van der Waals surface area contributed by atoms with Gasteiger partial charge in [-0.1, -0.05) is 6.92 Å². The Balaban J connectivity index is 2.40. The van der Waals surface area contributed by atoms with Crippen LogP contribution in [0.5, 0.6) is 0 Å². The summed E-state index contributed by atoms with van der Waals surface area (Å²) < 4.78 is 0. The molecule has 1 saturated carbocycles. The van der Waals surface area contributed by atoms with E-state index >= 15 is 0 Å². The summed E-state index contributed by atoms with van der Waals surface area (Å²) in [6, 6.07) is 1.97. The molecule has 1 fully saturated rings. The van der Waals surface area contributed by atoms with Crippen LogP contribution in [0.3, 0.4) is 0 Å². The maximum atomic E-state index is 11.5. The molecule has 0 aromatic rings. The third kappa shape index (κ3) is 1.97.